The Bertz CT molecular complexity index is 549. The molecule has 1 fully saturated rings. The molecule has 1 unspecified atom stereocenters. The van der Waals surface area contributed by atoms with Crippen molar-refractivity contribution >= 4 is 12.0 Å². The van der Waals surface area contributed by atoms with Gasteiger partial charge in [0.25, 0.3) is 0 Å². The van der Waals surface area contributed by atoms with E-state index in [4.69, 9.17) is 14.3 Å². The minimum atomic E-state index is -0.540. The molecule has 0 bridgehead atoms. The lowest BCUT2D eigenvalue weighted by Gasteiger charge is -2.17. The van der Waals surface area contributed by atoms with Gasteiger partial charge in [-0.3, -0.25) is 15.1 Å². The van der Waals surface area contributed by atoms with Gasteiger partial charge in [0.2, 0.25) is 0 Å². The van der Waals surface area contributed by atoms with Crippen molar-refractivity contribution in [2.75, 3.05) is 7.11 Å². The maximum atomic E-state index is 10.7. The lowest BCUT2D eigenvalue weighted by atomic mass is 10.1. The van der Waals surface area contributed by atoms with Gasteiger partial charge in [0.15, 0.2) is 23.9 Å². The van der Waals surface area contributed by atoms with Crippen molar-refractivity contribution in [2.24, 2.45) is 0 Å². The number of hydrogen-bond acceptors (Lipinski definition) is 5. The van der Waals surface area contributed by atoms with Crippen molar-refractivity contribution in [3.05, 3.63) is 29.8 Å². The summed E-state index contributed by atoms with van der Waals surface area (Å²) < 4.78 is 11.4. The van der Waals surface area contributed by atoms with Gasteiger partial charge in [-0.1, -0.05) is 0 Å². The number of nitrogens with one attached hydrogen (secondary N) is 1. The molecule has 0 radical (unpaired) electrons. The van der Waals surface area contributed by atoms with E-state index in [1.165, 1.54) is 12.8 Å². The molecule has 1 N–H and O–H groups in total. The van der Waals surface area contributed by atoms with Crippen LogP contribution in [0.2, 0.25) is 0 Å². The van der Waals surface area contributed by atoms with Crippen LogP contribution >= 0.6 is 0 Å². The van der Waals surface area contributed by atoms with Crippen molar-refractivity contribution in [3.8, 4) is 11.5 Å². The molecule has 1 atom stereocenters. The lowest BCUT2D eigenvalue weighted by molar-refractivity contribution is -0.116. The second kappa shape index (κ2) is 6.18. The predicted octanol–water partition coefficient (Wildman–Crippen LogP) is 2.46. The number of carbonyl (C=O) groups excluding carboxylic acids is 1. The van der Waals surface area contributed by atoms with Crippen molar-refractivity contribution in [1.29, 1.82) is 0 Å². The molecule has 3 rings (SSSR count). The van der Waals surface area contributed by atoms with Gasteiger partial charge in [-0.05, 0) is 50.0 Å². The molecule has 1 aliphatic heterocycles. The lowest BCUT2D eigenvalue weighted by Crippen LogP contribution is -2.13. The van der Waals surface area contributed by atoms with Gasteiger partial charge in [-0.15, -0.1) is 0 Å². The molecule has 112 valence electrons. The summed E-state index contributed by atoms with van der Waals surface area (Å²) in [4.78, 5) is 15.8. The Kier molecular flexibility index (Phi) is 4.10. The molecule has 1 saturated carbocycles. The van der Waals surface area contributed by atoms with Gasteiger partial charge in [0.1, 0.15) is 0 Å². The van der Waals surface area contributed by atoms with Gasteiger partial charge < -0.3 is 9.47 Å². The monoisotopic (exact) mass is 289 g/mol. The summed E-state index contributed by atoms with van der Waals surface area (Å²) in [5.41, 5.74) is 4.45. The number of rotatable bonds is 5. The molecule has 1 aromatic carbocycles. The van der Waals surface area contributed by atoms with E-state index in [0.29, 0.717) is 0 Å². The molecule has 1 aromatic rings. The standard InChI is InChI=1S/C16H19NO4/c1-19-15-7-6-11(14-9-13(10-18)21-17-14)8-16(15)20-12-4-2-3-5-12/h6-10,12-13,17H,2-5H2,1H3. The van der Waals surface area contributed by atoms with Crippen molar-refractivity contribution in [1.82, 2.24) is 5.48 Å². The first kappa shape index (κ1) is 13.9. The highest BCUT2D eigenvalue weighted by Crippen LogP contribution is 2.34. The van der Waals surface area contributed by atoms with Crippen molar-refractivity contribution in [2.45, 2.75) is 37.9 Å². The molecule has 2 aliphatic rings. The zero-order chi connectivity index (χ0) is 14.7. The maximum Gasteiger partial charge on any atom is 0.162 e. The SMILES string of the molecule is COc1ccc(C2=CC(C=O)ON2)cc1OC1CCCC1. The van der Waals surface area contributed by atoms with Crippen LogP contribution in [0.25, 0.3) is 5.70 Å². The summed E-state index contributed by atoms with van der Waals surface area (Å²) in [5.74, 6) is 1.45. The number of hydrogen-bond donors (Lipinski definition) is 1. The number of aldehydes is 1. The minimum absolute atomic E-state index is 0.263. The van der Waals surface area contributed by atoms with Crippen LogP contribution in [0.4, 0.5) is 0 Å². The first-order valence-corrected chi connectivity index (χ1v) is 7.24. The Hall–Kier alpha value is -2.01. The van der Waals surface area contributed by atoms with Crippen LogP contribution in [0.3, 0.4) is 0 Å². The van der Waals surface area contributed by atoms with Gasteiger partial charge >= 0.3 is 0 Å². The molecule has 5 heteroatoms. The highest BCUT2D eigenvalue weighted by molar-refractivity contribution is 5.73. The Morgan fingerprint density at radius 2 is 2.10 bits per heavy atom. The smallest absolute Gasteiger partial charge is 0.162 e. The zero-order valence-corrected chi connectivity index (χ0v) is 12.0. The average molecular weight is 289 g/mol. The molecular formula is C16H19NO4. The van der Waals surface area contributed by atoms with Crippen LogP contribution in [0, 0.1) is 0 Å². The van der Waals surface area contributed by atoms with E-state index in [0.717, 1.165) is 41.9 Å². The van der Waals surface area contributed by atoms with Gasteiger partial charge in [0.05, 0.1) is 18.9 Å². The third-order valence-corrected chi connectivity index (χ3v) is 3.84. The number of ether oxygens (including phenoxy) is 2. The number of carbonyl (C=O) groups is 1. The van der Waals surface area contributed by atoms with Crippen LogP contribution in [-0.2, 0) is 9.63 Å². The molecule has 1 aliphatic carbocycles. The van der Waals surface area contributed by atoms with Gasteiger partial charge in [0, 0.05) is 5.56 Å². The third-order valence-electron chi connectivity index (χ3n) is 3.84. The summed E-state index contributed by atoms with van der Waals surface area (Å²) in [6, 6.07) is 5.71. The fraction of sp³-hybridized carbons (Fsp3) is 0.438. The van der Waals surface area contributed by atoms with E-state index in [-0.39, 0.29) is 6.10 Å². The summed E-state index contributed by atoms with van der Waals surface area (Å²) in [5, 5.41) is 0. The molecule has 1 heterocycles. The largest absolute Gasteiger partial charge is 0.493 e. The van der Waals surface area contributed by atoms with E-state index in [9.17, 15) is 4.79 Å². The van der Waals surface area contributed by atoms with E-state index >= 15 is 0 Å². The van der Waals surface area contributed by atoms with Gasteiger partial charge in [-0.2, -0.15) is 0 Å². The molecular weight excluding hydrogens is 270 g/mol. The van der Waals surface area contributed by atoms with E-state index in [2.05, 4.69) is 5.48 Å². The van der Waals surface area contributed by atoms with Gasteiger partial charge in [-0.25, -0.2) is 0 Å². The second-order valence-corrected chi connectivity index (χ2v) is 5.29. The van der Waals surface area contributed by atoms with Crippen LogP contribution in [0.15, 0.2) is 24.3 Å². The average Bonchev–Trinajstić information content (AvgIpc) is 3.18. The number of benzene rings is 1. The topological polar surface area (TPSA) is 56.8 Å². The number of hydroxylamine groups is 1. The highest BCUT2D eigenvalue weighted by Gasteiger charge is 2.21. The van der Waals surface area contributed by atoms with E-state index in [1.54, 1.807) is 13.2 Å². The summed E-state index contributed by atoms with van der Waals surface area (Å²) in [6.07, 6.45) is 6.82. The fourth-order valence-electron chi connectivity index (χ4n) is 2.71. The predicted molar refractivity (Wildman–Crippen MR) is 77.9 cm³/mol. The molecule has 0 saturated heterocycles. The first-order chi connectivity index (χ1) is 10.3. The highest BCUT2D eigenvalue weighted by atomic mass is 16.7. The summed E-state index contributed by atoms with van der Waals surface area (Å²) >= 11 is 0. The molecule has 5 nitrogen and oxygen atoms in total. The van der Waals surface area contributed by atoms with Crippen LogP contribution in [0.5, 0.6) is 11.5 Å². The number of methoxy groups -OCH3 is 1. The maximum absolute atomic E-state index is 10.7. The van der Waals surface area contributed by atoms with Crippen molar-refractivity contribution < 1.29 is 19.1 Å². The third kappa shape index (κ3) is 3.03. The second-order valence-electron chi connectivity index (χ2n) is 5.29. The summed E-state index contributed by atoms with van der Waals surface area (Å²) in [6.45, 7) is 0. The molecule has 21 heavy (non-hydrogen) atoms. The first-order valence-electron chi connectivity index (χ1n) is 7.24. The fourth-order valence-corrected chi connectivity index (χ4v) is 2.71. The Morgan fingerprint density at radius 3 is 2.76 bits per heavy atom. The van der Waals surface area contributed by atoms with Crippen LogP contribution < -0.4 is 15.0 Å². The van der Waals surface area contributed by atoms with E-state index < -0.39 is 6.10 Å². The van der Waals surface area contributed by atoms with Crippen LogP contribution in [-0.4, -0.2) is 25.6 Å². The molecule has 0 amide bonds. The van der Waals surface area contributed by atoms with E-state index in [1.807, 2.05) is 18.2 Å². The Labute approximate surface area is 123 Å². The Balaban J connectivity index is 1.84. The van der Waals surface area contributed by atoms with Crippen molar-refractivity contribution in [3.63, 3.8) is 0 Å². The van der Waals surface area contributed by atoms with Crippen LogP contribution in [0.1, 0.15) is 31.2 Å². The zero-order valence-electron chi connectivity index (χ0n) is 12.0. The summed E-state index contributed by atoms with van der Waals surface area (Å²) in [7, 11) is 1.63. The molecule has 0 aromatic heterocycles. The normalized spacial score (nSPS) is 21.8. The quantitative estimate of drug-likeness (QED) is 0.844. The Morgan fingerprint density at radius 1 is 1.29 bits per heavy atom. The minimum Gasteiger partial charge on any atom is -0.493 e. The molecule has 0 spiro atoms.